The van der Waals surface area contributed by atoms with Crippen molar-refractivity contribution in [2.45, 2.75) is 25.9 Å². The van der Waals surface area contributed by atoms with E-state index in [-0.39, 0.29) is 6.04 Å². The summed E-state index contributed by atoms with van der Waals surface area (Å²) in [7, 11) is 0. The number of hydrogen-bond donors (Lipinski definition) is 1. The molecule has 1 saturated heterocycles. The number of rotatable bonds is 3. The van der Waals surface area contributed by atoms with Gasteiger partial charge in [-0.2, -0.15) is 5.26 Å². The van der Waals surface area contributed by atoms with Crippen molar-refractivity contribution in [2.75, 3.05) is 13.1 Å². The first-order chi connectivity index (χ1) is 8.20. The lowest BCUT2D eigenvalue weighted by Crippen LogP contribution is -2.29. The third kappa shape index (κ3) is 2.82. The highest BCUT2D eigenvalue weighted by Crippen LogP contribution is 2.21. The maximum Gasteiger partial charge on any atom is 0.144 e. The van der Waals surface area contributed by atoms with Crippen LogP contribution >= 0.6 is 0 Å². The Bertz CT molecular complexity index is 422. The highest BCUT2D eigenvalue weighted by atomic mass is 15.1. The quantitative estimate of drug-likeness (QED) is 0.845. The third-order valence-corrected chi connectivity index (χ3v) is 3.44. The van der Waals surface area contributed by atoms with Gasteiger partial charge in [-0.05, 0) is 31.9 Å². The van der Waals surface area contributed by atoms with E-state index in [1.165, 1.54) is 0 Å². The van der Waals surface area contributed by atoms with Gasteiger partial charge in [0.2, 0.25) is 0 Å². The zero-order valence-corrected chi connectivity index (χ0v) is 10.1. The Balaban J connectivity index is 2.01. The summed E-state index contributed by atoms with van der Waals surface area (Å²) >= 11 is 0. The molecule has 90 valence electrons. The predicted octanol–water partition coefficient (Wildman–Crippen LogP) is 1.12. The lowest BCUT2D eigenvalue weighted by molar-refractivity contribution is 0.308. The molecule has 1 aromatic rings. The molecule has 2 rings (SSSR count). The largest absolute Gasteiger partial charge is 0.328 e. The molecule has 4 nitrogen and oxygen atoms in total. The number of hydrogen-bond acceptors (Lipinski definition) is 4. The summed E-state index contributed by atoms with van der Waals surface area (Å²) in [5.41, 5.74) is 7.47. The molecule has 2 N–H and O–H groups in total. The number of nitrogens with two attached hydrogens (primary N) is 1. The van der Waals surface area contributed by atoms with Crippen LogP contribution in [0.4, 0.5) is 0 Å². The second-order valence-corrected chi connectivity index (χ2v) is 4.77. The number of aromatic nitrogens is 1. The second-order valence-electron chi connectivity index (χ2n) is 4.77. The average Bonchev–Trinajstić information content (AvgIpc) is 2.78. The zero-order chi connectivity index (χ0) is 12.3. The van der Waals surface area contributed by atoms with E-state index in [1.807, 2.05) is 12.1 Å². The summed E-state index contributed by atoms with van der Waals surface area (Å²) in [4.78, 5) is 6.43. The van der Waals surface area contributed by atoms with Crippen LogP contribution < -0.4 is 5.73 Å². The standard InChI is InChI=1S/C13H18N4/c1-10(15)11-4-6-17(8-11)9-12-3-2-5-16-13(12)7-14/h2-3,5,10-11H,4,6,8-9,15H2,1H3. The minimum absolute atomic E-state index is 0.254. The molecule has 0 bridgehead atoms. The molecule has 4 heteroatoms. The predicted molar refractivity (Wildman–Crippen MR) is 66.0 cm³/mol. The van der Waals surface area contributed by atoms with E-state index < -0.39 is 0 Å². The molecule has 1 aromatic heterocycles. The Hall–Kier alpha value is -1.44. The Morgan fingerprint density at radius 3 is 3.18 bits per heavy atom. The minimum atomic E-state index is 0.254. The Morgan fingerprint density at radius 1 is 1.71 bits per heavy atom. The fourth-order valence-electron chi connectivity index (χ4n) is 2.34. The lowest BCUT2D eigenvalue weighted by Gasteiger charge is -2.18. The van der Waals surface area contributed by atoms with Crippen molar-refractivity contribution in [2.24, 2.45) is 11.7 Å². The molecular formula is C13H18N4. The molecule has 0 spiro atoms. The number of pyridine rings is 1. The van der Waals surface area contributed by atoms with Gasteiger partial charge in [-0.1, -0.05) is 6.07 Å². The molecule has 0 amide bonds. The molecule has 2 unspecified atom stereocenters. The average molecular weight is 230 g/mol. The van der Waals surface area contributed by atoms with Gasteiger partial charge in [0.1, 0.15) is 11.8 Å². The smallest absolute Gasteiger partial charge is 0.144 e. The van der Waals surface area contributed by atoms with Crippen molar-refractivity contribution in [1.82, 2.24) is 9.88 Å². The van der Waals surface area contributed by atoms with Gasteiger partial charge < -0.3 is 5.73 Å². The van der Waals surface area contributed by atoms with E-state index in [0.717, 1.165) is 31.6 Å². The van der Waals surface area contributed by atoms with Gasteiger partial charge in [0, 0.05) is 30.9 Å². The van der Waals surface area contributed by atoms with Crippen molar-refractivity contribution < 1.29 is 0 Å². The van der Waals surface area contributed by atoms with Crippen LogP contribution in [0.3, 0.4) is 0 Å². The van der Waals surface area contributed by atoms with E-state index in [2.05, 4.69) is 22.9 Å². The second kappa shape index (κ2) is 5.26. The summed E-state index contributed by atoms with van der Waals surface area (Å²) < 4.78 is 0. The topological polar surface area (TPSA) is 65.9 Å². The zero-order valence-electron chi connectivity index (χ0n) is 10.1. The fraction of sp³-hybridized carbons (Fsp3) is 0.538. The van der Waals surface area contributed by atoms with E-state index in [9.17, 15) is 0 Å². The molecule has 1 aliphatic rings. The normalized spacial score (nSPS) is 22.3. The summed E-state index contributed by atoms with van der Waals surface area (Å²) in [5, 5.41) is 8.98. The first-order valence-electron chi connectivity index (χ1n) is 6.02. The summed E-state index contributed by atoms with van der Waals surface area (Å²) in [6.45, 7) is 4.96. The van der Waals surface area contributed by atoms with Crippen LogP contribution in [0.25, 0.3) is 0 Å². The van der Waals surface area contributed by atoms with E-state index in [4.69, 9.17) is 11.0 Å². The molecule has 1 fully saturated rings. The Labute approximate surface area is 102 Å². The summed E-state index contributed by atoms with van der Waals surface area (Å²) in [6.07, 6.45) is 2.82. The monoisotopic (exact) mass is 230 g/mol. The van der Waals surface area contributed by atoms with Crippen molar-refractivity contribution >= 4 is 0 Å². The first-order valence-corrected chi connectivity index (χ1v) is 6.02. The molecule has 2 heterocycles. The number of nitrogens with zero attached hydrogens (tertiary/aromatic N) is 3. The van der Waals surface area contributed by atoms with Crippen LogP contribution in [-0.4, -0.2) is 29.0 Å². The lowest BCUT2D eigenvalue weighted by atomic mass is 10.0. The van der Waals surface area contributed by atoms with Crippen LogP contribution in [-0.2, 0) is 6.54 Å². The molecular weight excluding hydrogens is 212 g/mol. The van der Waals surface area contributed by atoms with Gasteiger partial charge >= 0.3 is 0 Å². The van der Waals surface area contributed by atoms with Crippen molar-refractivity contribution in [3.63, 3.8) is 0 Å². The molecule has 2 atom stereocenters. The Kier molecular flexibility index (Phi) is 3.72. The molecule has 17 heavy (non-hydrogen) atoms. The maximum atomic E-state index is 8.98. The van der Waals surface area contributed by atoms with E-state index >= 15 is 0 Å². The molecule has 1 aliphatic heterocycles. The van der Waals surface area contributed by atoms with Crippen LogP contribution in [0.15, 0.2) is 18.3 Å². The first kappa shape index (κ1) is 12.0. The van der Waals surface area contributed by atoms with Gasteiger partial charge in [0.25, 0.3) is 0 Å². The number of likely N-dealkylation sites (tertiary alicyclic amines) is 1. The van der Waals surface area contributed by atoms with Gasteiger partial charge in [-0.3, -0.25) is 4.90 Å². The fourth-order valence-corrected chi connectivity index (χ4v) is 2.34. The van der Waals surface area contributed by atoms with Gasteiger partial charge in [0.15, 0.2) is 0 Å². The van der Waals surface area contributed by atoms with E-state index in [1.54, 1.807) is 6.20 Å². The molecule has 0 aliphatic carbocycles. The molecule has 0 radical (unpaired) electrons. The van der Waals surface area contributed by atoms with Crippen LogP contribution in [0.2, 0.25) is 0 Å². The van der Waals surface area contributed by atoms with Gasteiger partial charge in [0.05, 0.1) is 0 Å². The molecule has 0 aromatic carbocycles. The van der Waals surface area contributed by atoms with Crippen LogP contribution in [0.1, 0.15) is 24.6 Å². The van der Waals surface area contributed by atoms with Crippen LogP contribution in [0, 0.1) is 17.2 Å². The summed E-state index contributed by atoms with van der Waals surface area (Å²) in [5.74, 6) is 0.581. The third-order valence-electron chi connectivity index (χ3n) is 3.44. The minimum Gasteiger partial charge on any atom is -0.328 e. The van der Waals surface area contributed by atoms with Gasteiger partial charge in [-0.25, -0.2) is 4.98 Å². The van der Waals surface area contributed by atoms with Gasteiger partial charge in [-0.15, -0.1) is 0 Å². The number of nitriles is 1. The van der Waals surface area contributed by atoms with Crippen LogP contribution in [0.5, 0.6) is 0 Å². The summed E-state index contributed by atoms with van der Waals surface area (Å²) in [6, 6.07) is 6.26. The highest BCUT2D eigenvalue weighted by molar-refractivity contribution is 5.30. The van der Waals surface area contributed by atoms with Crippen molar-refractivity contribution in [3.05, 3.63) is 29.6 Å². The SMILES string of the molecule is CC(N)C1CCN(Cc2cccnc2C#N)C1. The highest BCUT2D eigenvalue weighted by Gasteiger charge is 2.25. The van der Waals surface area contributed by atoms with E-state index in [0.29, 0.717) is 11.6 Å². The van der Waals surface area contributed by atoms with Crippen molar-refractivity contribution in [1.29, 1.82) is 5.26 Å². The van der Waals surface area contributed by atoms with Crippen molar-refractivity contribution in [3.8, 4) is 6.07 Å². The Morgan fingerprint density at radius 2 is 2.53 bits per heavy atom. The maximum absolute atomic E-state index is 8.98. The molecule has 0 saturated carbocycles.